The number of benzene rings is 1. The summed E-state index contributed by atoms with van der Waals surface area (Å²) in [5, 5.41) is 3.14. The monoisotopic (exact) mass is 289 g/mol. The molecule has 0 radical (unpaired) electrons. The molecule has 114 valence electrons. The first-order chi connectivity index (χ1) is 10.1. The number of fused-ring (bicyclic) bond motifs is 1. The van der Waals surface area contributed by atoms with Gasteiger partial charge in [0, 0.05) is 18.2 Å². The molecule has 0 spiro atoms. The van der Waals surface area contributed by atoms with Gasteiger partial charge in [0.15, 0.2) is 17.5 Å². The molecule has 1 aliphatic carbocycles. The van der Waals surface area contributed by atoms with E-state index in [4.69, 9.17) is 15.2 Å². The highest BCUT2D eigenvalue weighted by Crippen LogP contribution is 2.40. The number of nitrogens with two attached hydrogens (primary N) is 1. The van der Waals surface area contributed by atoms with E-state index >= 15 is 0 Å². The van der Waals surface area contributed by atoms with E-state index in [0.29, 0.717) is 37.1 Å². The molecule has 1 heterocycles. The number of aliphatic imine (C=N–C) groups is 1. The molecule has 2 atom stereocenters. The minimum Gasteiger partial charge on any atom is -0.490 e. The summed E-state index contributed by atoms with van der Waals surface area (Å²) in [4.78, 5) is 4.53. The molecule has 0 saturated heterocycles. The van der Waals surface area contributed by atoms with E-state index in [1.54, 1.807) is 0 Å². The highest BCUT2D eigenvalue weighted by atomic mass is 16.5. The number of ether oxygens (including phenoxy) is 2. The predicted molar refractivity (Wildman–Crippen MR) is 84.0 cm³/mol. The number of rotatable bonds is 3. The van der Waals surface area contributed by atoms with Crippen LogP contribution < -0.4 is 20.5 Å². The maximum atomic E-state index is 5.98. The second-order valence-electron chi connectivity index (χ2n) is 6.06. The van der Waals surface area contributed by atoms with Gasteiger partial charge in [0.1, 0.15) is 0 Å². The Bertz CT molecular complexity index is 542. The highest BCUT2D eigenvalue weighted by molar-refractivity contribution is 5.92. The molecule has 0 amide bonds. The van der Waals surface area contributed by atoms with Crippen LogP contribution in [0.3, 0.4) is 0 Å². The van der Waals surface area contributed by atoms with Crippen LogP contribution in [0.1, 0.15) is 26.7 Å². The van der Waals surface area contributed by atoms with E-state index in [1.165, 1.54) is 0 Å². The molecule has 1 saturated carbocycles. The molecule has 0 unspecified atom stereocenters. The topological polar surface area (TPSA) is 68.9 Å². The lowest BCUT2D eigenvalue weighted by atomic mass is 10.1. The fourth-order valence-electron chi connectivity index (χ4n) is 2.67. The summed E-state index contributed by atoms with van der Waals surface area (Å²) >= 11 is 0. The lowest BCUT2D eigenvalue weighted by molar-refractivity contribution is 0.297. The summed E-state index contributed by atoms with van der Waals surface area (Å²) in [6, 6.07) is 6.13. The van der Waals surface area contributed by atoms with Crippen LogP contribution in [0.2, 0.25) is 0 Å². The number of guanidine groups is 1. The van der Waals surface area contributed by atoms with Crippen LogP contribution in [0.25, 0.3) is 0 Å². The van der Waals surface area contributed by atoms with Crippen LogP contribution in [0.5, 0.6) is 11.5 Å². The summed E-state index contributed by atoms with van der Waals surface area (Å²) in [6.45, 7) is 5.83. The summed E-state index contributed by atoms with van der Waals surface area (Å²) < 4.78 is 11.3. The van der Waals surface area contributed by atoms with Crippen molar-refractivity contribution in [2.75, 3.05) is 18.5 Å². The number of hydrogen-bond acceptors (Lipinski definition) is 3. The minimum absolute atomic E-state index is 0.373. The molecule has 3 rings (SSSR count). The largest absolute Gasteiger partial charge is 0.490 e. The SMILES string of the molecule is CC(C)[C@@H]1C[C@H]1N=C(N)Nc1ccc2c(c1)OCCCO2. The zero-order chi connectivity index (χ0) is 14.8. The summed E-state index contributed by atoms with van der Waals surface area (Å²) in [5.41, 5.74) is 6.86. The molecular formula is C16H23N3O2. The Morgan fingerprint density at radius 3 is 2.76 bits per heavy atom. The average Bonchev–Trinajstić information content (AvgIpc) is 3.21. The third-order valence-corrected chi connectivity index (χ3v) is 3.99. The van der Waals surface area contributed by atoms with Gasteiger partial charge in [-0.15, -0.1) is 0 Å². The number of hydrogen-bond donors (Lipinski definition) is 2. The third kappa shape index (κ3) is 3.40. The van der Waals surface area contributed by atoms with Crippen LogP contribution in [-0.2, 0) is 0 Å². The highest BCUT2D eigenvalue weighted by Gasteiger charge is 2.39. The zero-order valence-electron chi connectivity index (χ0n) is 12.6. The molecular weight excluding hydrogens is 266 g/mol. The summed E-state index contributed by atoms with van der Waals surface area (Å²) in [7, 11) is 0. The Morgan fingerprint density at radius 2 is 2.05 bits per heavy atom. The Labute approximate surface area is 125 Å². The predicted octanol–water partition coefficient (Wildman–Crippen LogP) is 2.62. The van der Waals surface area contributed by atoms with Crippen molar-refractivity contribution in [1.29, 1.82) is 0 Å². The van der Waals surface area contributed by atoms with Gasteiger partial charge in [-0.05, 0) is 30.4 Å². The van der Waals surface area contributed by atoms with Gasteiger partial charge < -0.3 is 20.5 Å². The lowest BCUT2D eigenvalue weighted by Crippen LogP contribution is -2.23. The van der Waals surface area contributed by atoms with Crippen LogP contribution in [0, 0.1) is 11.8 Å². The minimum atomic E-state index is 0.373. The van der Waals surface area contributed by atoms with Gasteiger partial charge >= 0.3 is 0 Å². The first kappa shape index (κ1) is 14.0. The van der Waals surface area contributed by atoms with E-state index in [0.717, 1.165) is 30.0 Å². The Balaban J connectivity index is 1.65. The van der Waals surface area contributed by atoms with Gasteiger partial charge in [-0.2, -0.15) is 0 Å². The van der Waals surface area contributed by atoms with Crippen molar-refractivity contribution in [1.82, 2.24) is 0 Å². The Morgan fingerprint density at radius 1 is 1.29 bits per heavy atom. The van der Waals surface area contributed by atoms with Crippen molar-refractivity contribution in [2.24, 2.45) is 22.6 Å². The van der Waals surface area contributed by atoms with Crippen LogP contribution in [-0.4, -0.2) is 25.2 Å². The van der Waals surface area contributed by atoms with Crippen molar-refractivity contribution in [3.05, 3.63) is 18.2 Å². The maximum Gasteiger partial charge on any atom is 0.193 e. The maximum absolute atomic E-state index is 5.98. The second kappa shape index (κ2) is 5.84. The van der Waals surface area contributed by atoms with E-state index in [2.05, 4.69) is 24.2 Å². The number of anilines is 1. The average molecular weight is 289 g/mol. The fourth-order valence-corrected chi connectivity index (χ4v) is 2.67. The van der Waals surface area contributed by atoms with E-state index in [1.807, 2.05) is 18.2 Å². The Hall–Kier alpha value is -1.91. The van der Waals surface area contributed by atoms with Gasteiger partial charge in [0.2, 0.25) is 0 Å². The van der Waals surface area contributed by atoms with E-state index in [-0.39, 0.29) is 0 Å². The molecule has 3 N–H and O–H groups in total. The molecule has 1 fully saturated rings. The van der Waals surface area contributed by atoms with Gasteiger partial charge in [0.25, 0.3) is 0 Å². The van der Waals surface area contributed by atoms with Gasteiger partial charge in [-0.1, -0.05) is 13.8 Å². The third-order valence-electron chi connectivity index (χ3n) is 3.99. The first-order valence-electron chi connectivity index (χ1n) is 7.63. The number of nitrogens with one attached hydrogen (secondary N) is 1. The molecule has 0 bridgehead atoms. The van der Waals surface area contributed by atoms with Crippen molar-refractivity contribution >= 4 is 11.6 Å². The van der Waals surface area contributed by atoms with Crippen LogP contribution in [0.4, 0.5) is 5.69 Å². The number of nitrogens with zero attached hydrogens (tertiary/aromatic N) is 1. The smallest absolute Gasteiger partial charge is 0.193 e. The zero-order valence-corrected chi connectivity index (χ0v) is 12.6. The second-order valence-corrected chi connectivity index (χ2v) is 6.06. The van der Waals surface area contributed by atoms with Crippen molar-refractivity contribution < 1.29 is 9.47 Å². The van der Waals surface area contributed by atoms with Crippen molar-refractivity contribution in [2.45, 2.75) is 32.7 Å². The first-order valence-corrected chi connectivity index (χ1v) is 7.63. The normalized spacial score (nSPS) is 24.6. The molecule has 1 aromatic carbocycles. The molecule has 0 aromatic heterocycles. The van der Waals surface area contributed by atoms with Gasteiger partial charge in [-0.25, -0.2) is 4.99 Å². The molecule has 21 heavy (non-hydrogen) atoms. The molecule has 1 aliphatic heterocycles. The lowest BCUT2D eigenvalue weighted by Gasteiger charge is -2.11. The van der Waals surface area contributed by atoms with Crippen molar-refractivity contribution in [3.63, 3.8) is 0 Å². The van der Waals surface area contributed by atoms with Gasteiger partial charge in [-0.3, -0.25) is 0 Å². The summed E-state index contributed by atoms with van der Waals surface area (Å²) in [6.07, 6.45) is 2.04. The molecule has 5 heteroatoms. The van der Waals surface area contributed by atoms with E-state index in [9.17, 15) is 0 Å². The quantitative estimate of drug-likeness (QED) is 0.663. The van der Waals surface area contributed by atoms with E-state index < -0.39 is 0 Å². The molecule has 2 aliphatic rings. The fraction of sp³-hybridized carbons (Fsp3) is 0.562. The van der Waals surface area contributed by atoms with Gasteiger partial charge in [0.05, 0.1) is 19.3 Å². The van der Waals surface area contributed by atoms with Crippen LogP contribution in [0.15, 0.2) is 23.2 Å². The Kier molecular flexibility index (Phi) is 3.90. The standard InChI is InChI=1S/C16H23N3O2/c1-10(2)12-9-13(12)19-16(17)18-11-4-5-14-15(8-11)21-7-3-6-20-14/h4-5,8,10,12-13H,3,6-7,9H2,1-2H3,(H3,17,18,19)/t12-,13+/m0/s1. The van der Waals surface area contributed by atoms with Crippen LogP contribution >= 0.6 is 0 Å². The van der Waals surface area contributed by atoms with Crippen molar-refractivity contribution in [3.8, 4) is 11.5 Å². The summed E-state index contributed by atoms with van der Waals surface area (Å²) in [5.74, 6) is 3.36. The molecule has 1 aromatic rings. The molecule has 5 nitrogen and oxygen atoms in total.